The van der Waals surface area contributed by atoms with E-state index in [9.17, 15) is 14.9 Å². The Kier molecular flexibility index (Phi) is 8.48. The van der Waals surface area contributed by atoms with Gasteiger partial charge in [-0.15, -0.1) is 0 Å². The van der Waals surface area contributed by atoms with E-state index < -0.39 is 10.8 Å². The van der Waals surface area contributed by atoms with Gasteiger partial charge in [0.1, 0.15) is 6.61 Å². The summed E-state index contributed by atoms with van der Waals surface area (Å²) in [6.07, 6.45) is 1.43. The van der Waals surface area contributed by atoms with Gasteiger partial charge in [0.25, 0.3) is 11.6 Å². The Bertz CT molecular complexity index is 1240. The van der Waals surface area contributed by atoms with Gasteiger partial charge < -0.3 is 9.47 Å². The summed E-state index contributed by atoms with van der Waals surface area (Å²) in [5.74, 6) is 0.428. The Labute approximate surface area is 212 Å². The van der Waals surface area contributed by atoms with E-state index in [0.29, 0.717) is 27.1 Å². The first kappa shape index (κ1) is 24.7. The molecule has 0 bridgehead atoms. The lowest BCUT2D eigenvalue weighted by Crippen LogP contribution is -2.17. The van der Waals surface area contributed by atoms with Crippen LogP contribution in [0, 0.1) is 13.7 Å². The number of non-ortho nitro benzene ring substituents is 1. The van der Waals surface area contributed by atoms with Crippen LogP contribution in [0.3, 0.4) is 0 Å². The fourth-order valence-electron chi connectivity index (χ4n) is 2.73. The molecule has 33 heavy (non-hydrogen) atoms. The average Bonchev–Trinajstić information content (AvgIpc) is 2.79. The molecule has 0 heterocycles. The Hall–Kier alpha value is -2.89. The number of amides is 1. The molecule has 0 saturated carbocycles. The maximum Gasteiger partial charge on any atom is 0.271 e. The molecule has 3 aromatic rings. The molecule has 3 aromatic carbocycles. The minimum absolute atomic E-state index is 0.123. The van der Waals surface area contributed by atoms with Gasteiger partial charge >= 0.3 is 0 Å². The van der Waals surface area contributed by atoms with E-state index in [1.165, 1.54) is 37.6 Å². The zero-order valence-corrected chi connectivity index (χ0v) is 20.7. The number of hydrogen-bond acceptors (Lipinski definition) is 6. The number of nitrogens with one attached hydrogen (secondary N) is 1. The van der Waals surface area contributed by atoms with Gasteiger partial charge in [0.2, 0.25) is 0 Å². The van der Waals surface area contributed by atoms with Crippen LogP contribution in [0.2, 0.25) is 10.0 Å². The third-order valence-electron chi connectivity index (χ3n) is 4.34. The topological polar surface area (TPSA) is 103 Å². The third-order valence-corrected chi connectivity index (χ3v) is 5.73. The normalized spacial score (nSPS) is 10.8. The van der Waals surface area contributed by atoms with Gasteiger partial charge in [0.15, 0.2) is 11.5 Å². The first-order valence-electron chi connectivity index (χ1n) is 9.30. The summed E-state index contributed by atoms with van der Waals surface area (Å²) < 4.78 is 12.1. The van der Waals surface area contributed by atoms with Crippen molar-refractivity contribution < 1.29 is 19.2 Å². The average molecular weight is 600 g/mol. The number of nitro groups is 1. The maximum atomic E-state index is 12.2. The zero-order chi connectivity index (χ0) is 24.0. The molecular formula is C22H16Cl2IN3O5. The molecule has 0 aliphatic heterocycles. The molecule has 0 aliphatic carbocycles. The number of carbonyl (C=O) groups is 1. The van der Waals surface area contributed by atoms with Crippen LogP contribution in [0.5, 0.6) is 11.5 Å². The van der Waals surface area contributed by atoms with Crippen molar-refractivity contribution in [3.8, 4) is 11.5 Å². The van der Waals surface area contributed by atoms with E-state index in [1.54, 1.807) is 30.3 Å². The molecule has 0 aliphatic rings. The van der Waals surface area contributed by atoms with Crippen molar-refractivity contribution in [1.29, 1.82) is 0 Å². The number of carbonyl (C=O) groups excluding carboxylic acids is 1. The van der Waals surface area contributed by atoms with Crippen LogP contribution in [0.25, 0.3) is 0 Å². The lowest BCUT2D eigenvalue weighted by Gasteiger charge is -2.14. The Morgan fingerprint density at radius 1 is 1.21 bits per heavy atom. The number of benzene rings is 3. The minimum atomic E-state index is -0.573. The third kappa shape index (κ3) is 6.56. The number of rotatable bonds is 8. The van der Waals surface area contributed by atoms with Crippen LogP contribution < -0.4 is 14.9 Å². The second-order valence-corrected chi connectivity index (χ2v) is 8.57. The van der Waals surface area contributed by atoms with Gasteiger partial charge in [-0.2, -0.15) is 5.10 Å². The second-order valence-electron chi connectivity index (χ2n) is 6.57. The molecule has 0 atom stereocenters. The summed E-state index contributed by atoms with van der Waals surface area (Å²) in [5, 5.41) is 15.8. The summed E-state index contributed by atoms with van der Waals surface area (Å²) >= 11 is 14.2. The highest BCUT2D eigenvalue weighted by atomic mass is 127. The van der Waals surface area contributed by atoms with E-state index in [4.69, 9.17) is 32.7 Å². The lowest BCUT2D eigenvalue weighted by molar-refractivity contribution is -0.384. The van der Waals surface area contributed by atoms with Crippen molar-refractivity contribution >= 4 is 63.6 Å². The van der Waals surface area contributed by atoms with E-state index >= 15 is 0 Å². The van der Waals surface area contributed by atoms with Crippen LogP contribution >= 0.6 is 45.8 Å². The zero-order valence-electron chi connectivity index (χ0n) is 17.1. The van der Waals surface area contributed by atoms with Gasteiger partial charge in [-0.25, -0.2) is 5.43 Å². The molecule has 3 rings (SSSR count). The molecule has 0 radical (unpaired) electrons. The van der Waals surface area contributed by atoms with Crippen molar-refractivity contribution in [2.75, 3.05) is 7.11 Å². The summed E-state index contributed by atoms with van der Waals surface area (Å²) in [6, 6.07) is 14.0. The SMILES string of the molecule is COc1cc(/C=N/NC(=O)c2cccc([N+](=O)[O-])c2)cc(I)c1OCc1ccc(Cl)cc1Cl. The number of halogens is 3. The van der Waals surface area contributed by atoms with Crippen molar-refractivity contribution in [3.63, 3.8) is 0 Å². The minimum Gasteiger partial charge on any atom is -0.493 e. The smallest absolute Gasteiger partial charge is 0.271 e. The van der Waals surface area contributed by atoms with Crippen LogP contribution in [0.4, 0.5) is 5.69 Å². The predicted octanol–water partition coefficient (Wildman–Crippen LogP) is 5.86. The molecule has 11 heteroatoms. The molecule has 8 nitrogen and oxygen atoms in total. The number of hydrogen-bond donors (Lipinski definition) is 1. The largest absolute Gasteiger partial charge is 0.493 e. The Morgan fingerprint density at radius 2 is 2.00 bits per heavy atom. The quantitative estimate of drug-likeness (QED) is 0.151. The van der Waals surface area contributed by atoms with Crippen molar-refractivity contribution in [2.45, 2.75) is 6.61 Å². The molecule has 0 unspecified atom stereocenters. The number of hydrazone groups is 1. The first-order valence-corrected chi connectivity index (χ1v) is 11.1. The molecule has 0 fully saturated rings. The molecule has 0 saturated heterocycles. The lowest BCUT2D eigenvalue weighted by atomic mass is 10.2. The molecule has 1 amide bonds. The molecule has 0 spiro atoms. The van der Waals surface area contributed by atoms with Gasteiger partial charge in [0.05, 0.1) is 21.8 Å². The Balaban J connectivity index is 1.71. The number of nitrogens with zero attached hydrogens (tertiary/aromatic N) is 2. The molecule has 170 valence electrons. The molecular weight excluding hydrogens is 584 g/mol. The van der Waals surface area contributed by atoms with Crippen LogP contribution in [0.1, 0.15) is 21.5 Å². The second kappa shape index (κ2) is 11.3. The highest BCUT2D eigenvalue weighted by Gasteiger charge is 2.13. The highest BCUT2D eigenvalue weighted by Crippen LogP contribution is 2.35. The Morgan fingerprint density at radius 3 is 2.70 bits per heavy atom. The maximum absolute atomic E-state index is 12.2. The van der Waals surface area contributed by atoms with Crippen molar-refractivity contribution in [2.24, 2.45) is 5.10 Å². The van der Waals surface area contributed by atoms with Gasteiger partial charge in [0, 0.05) is 33.3 Å². The van der Waals surface area contributed by atoms with Crippen molar-refractivity contribution in [1.82, 2.24) is 5.43 Å². The van der Waals surface area contributed by atoms with Gasteiger partial charge in [-0.1, -0.05) is 35.3 Å². The summed E-state index contributed by atoms with van der Waals surface area (Å²) in [6.45, 7) is 0.217. The van der Waals surface area contributed by atoms with E-state index in [-0.39, 0.29) is 17.9 Å². The molecule has 1 N–H and O–H groups in total. The standard InChI is InChI=1S/C22H16Cl2IN3O5/c1-32-20-8-13(11-26-27-22(29)14-3-2-4-17(9-14)28(30)31)7-19(25)21(20)33-12-15-5-6-16(23)10-18(15)24/h2-11H,12H2,1H3,(H,27,29)/b26-11+. The van der Waals surface area contributed by atoms with Gasteiger partial charge in [-0.05, 0) is 58.5 Å². The summed E-state index contributed by atoms with van der Waals surface area (Å²) in [5.41, 5.74) is 3.71. The fraction of sp³-hybridized carbons (Fsp3) is 0.0909. The van der Waals surface area contributed by atoms with Crippen LogP contribution in [-0.2, 0) is 6.61 Å². The summed E-state index contributed by atoms with van der Waals surface area (Å²) in [7, 11) is 1.51. The molecule has 0 aromatic heterocycles. The number of methoxy groups -OCH3 is 1. The van der Waals surface area contributed by atoms with Crippen LogP contribution in [-0.4, -0.2) is 24.2 Å². The van der Waals surface area contributed by atoms with E-state index in [0.717, 1.165) is 9.13 Å². The summed E-state index contributed by atoms with van der Waals surface area (Å²) in [4.78, 5) is 22.5. The highest BCUT2D eigenvalue weighted by molar-refractivity contribution is 14.1. The fourth-order valence-corrected chi connectivity index (χ4v) is 3.98. The number of ether oxygens (including phenoxy) is 2. The monoisotopic (exact) mass is 599 g/mol. The number of nitro benzene ring substituents is 1. The van der Waals surface area contributed by atoms with E-state index in [2.05, 4.69) is 33.1 Å². The predicted molar refractivity (Wildman–Crippen MR) is 135 cm³/mol. The van der Waals surface area contributed by atoms with Crippen LogP contribution in [0.15, 0.2) is 59.7 Å². The van der Waals surface area contributed by atoms with Gasteiger partial charge in [-0.3, -0.25) is 14.9 Å². The van der Waals surface area contributed by atoms with Crippen molar-refractivity contribution in [3.05, 3.63) is 95.0 Å². The first-order chi connectivity index (χ1) is 15.8. The van der Waals surface area contributed by atoms with E-state index in [1.807, 2.05) is 0 Å².